The van der Waals surface area contributed by atoms with Gasteiger partial charge in [-0.25, -0.2) is 13.1 Å². The molecule has 0 saturated carbocycles. The molecule has 0 radical (unpaired) electrons. The van der Waals surface area contributed by atoms with E-state index in [1.165, 1.54) is 38.5 Å². The highest BCUT2D eigenvalue weighted by molar-refractivity contribution is 7.89. The van der Waals surface area contributed by atoms with E-state index in [0.29, 0.717) is 5.75 Å². The molecule has 0 aromatic heterocycles. The molecule has 0 spiro atoms. The van der Waals surface area contributed by atoms with E-state index in [1.54, 1.807) is 12.2 Å². The fourth-order valence-corrected chi connectivity index (χ4v) is 3.58. The SMILES string of the molecule is COC(=O)C[C@@H]1C=C[C@H](NS(=O)(=O)c2ccc(OC)cc2)[C@H](CO)O1. The van der Waals surface area contributed by atoms with Crippen molar-refractivity contribution in [1.29, 1.82) is 0 Å². The Hall–Kier alpha value is -1.94. The van der Waals surface area contributed by atoms with Crippen LogP contribution in [-0.2, 0) is 24.3 Å². The number of methoxy groups -OCH3 is 2. The van der Waals surface area contributed by atoms with Crippen molar-refractivity contribution in [3.05, 3.63) is 36.4 Å². The fraction of sp³-hybridized carbons (Fsp3) is 0.438. The fourth-order valence-electron chi connectivity index (χ4n) is 2.36. The van der Waals surface area contributed by atoms with Crippen LogP contribution < -0.4 is 9.46 Å². The van der Waals surface area contributed by atoms with Gasteiger partial charge in [0.2, 0.25) is 10.0 Å². The normalized spacial score (nSPS) is 23.2. The number of ether oxygens (including phenoxy) is 3. The molecule has 1 aromatic carbocycles. The quantitative estimate of drug-likeness (QED) is 0.521. The third kappa shape index (κ3) is 5.02. The van der Waals surface area contributed by atoms with E-state index in [1.807, 2.05) is 0 Å². The summed E-state index contributed by atoms with van der Waals surface area (Å²) in [5.41, 5.74) is 0. The molecule has 0 unspecified atom stereocenters. The number of aliphatic hydroxyl groups excluding tert-OH is 1. The van der Waals surface area contributed by atoms with Gasteiger partial charge < -0.3 is 19.3 Å². The second kappa shape index (κ2) is 8.43. The first-order chi connectivity index (χ1) is 11.9. The highest BCUT2D eigenvalue weighted by atomic mass is 32.2. The molecule has 138 valence electrons. The molecule has 0 amide bonds. The van der Waals surface area contributed by atoms with E-state index in [2.05, 4.69) is 9.46 Å². The van der Waals surface area contributed by atoms with Crippen LogP contribution in [-0.4, -0.2) is 58.6 Å². The van der Waals surface area contributed by atoms with Crippen molar-refractivity contribution in [2.24, 2.45) is 0 Å². The lowest BCUT2D eigenvalue weighted by molar-refractivity contribution is -0.144. The van der Waals surface area contributed by atoms with Crippen LogP contribution in [0.2, 0.25) is 0 Å². The van der Waals surface area contributed by atoms with Crippen LogP contribution in [0.4, 0.5) is 0 Å². The van der Waals surface area contributed by atoms with Crippen molar-refractivity contribution in [2.45, 2.75) is 29.6 Å². The van der Waals surface area contributed by atoms with Gasteiger partial charge in [0.1, 0.15) is 11.9 Å². The second-order valence-electron chi connectivity index (χ2n) is 5.38. The van der Waals surface area contributed by atoms with Crippen LogP contribution in [0.1, 0.15) is 6.42 Å². The maximum absolute atomic E-state index is 12.5. The minimum absolute atomic E-state index is 0.0125. The Labute approximate surface area is 146 Å². The number of carbonyl (C=O) groups is 1. The van der Waals surface area contributed by atoms with Crippen LogP contribution >= 0.6 is 0 Å². The first-order valence-electron chi connectivity index (χ1n) is 7.57. The van der Waals surface area contributed by atoms with Crippen molar-refractivity contribution in [3.63, 3.8) is 0 Å². The minimum Gasteiger partial charge on any atom is -0.497 e. The van der Waals surface area contributed by atoms with E-state index in [4.69, 9.17) is 9.47 Å². The van der Waals surface area contributed by atoms with Crippen LogP contribution in [0.25, 0.3) is 0 Å². The Bertz CT molecular complexity index is 715. The topological polar surface area (TPSA) is 111 Å². The van der Waals surface area contributed by atoms with Gasteiger partial charge in [-0.1, -0.05) is 12.2 Å². The van der Waals surface area contributed by atoms with Crippen molar-refractivity contribution >= 4 is 16.0 Å². The number of sulfonamides is 1. The molecule has 2 N–H and O–H groups in total. The number of hydrogen-bond donors (Lipinski definition) is 2. The molecule has 2 rings (SSSR count). The van der Waals surface area contributed by atoms with Gasteiger partial charge in [0.25, 0.3) is 0 Å². The van der Waals surface area contributed by atoms with Crippen molar-refractivity contribution < 1.29 is 32.5 Å². The zero-order valence-corrected chi connectivity index (χ0v) is 14.7. The van der Waals surface area contributed by atoms with Crippen molar-refractivity contribution in [3.8, 4) is 5.75 Å². The largest absolute Gasteiger partial charge is 0.497 e. The van der Waals surface area contributed by atoms with Gasteiger partial charge in [0.15, 0.2) is 0 Å². The molecule has 0 aliphatic carbocycles. The number of hydrogen-bond acceptors (Lipinski definition) is 7. The van der Waals surface area contributed by atoms with Gasteiger partial charge in [0.05, 0.1) is 44.3 Å². The van der Waals surface area contributed by atoms with Gasteiger partial charge in [-0.05, 0) is 24.3 Å². The molecular weight excluding hydrogens is 350 g/mol. The Morgan fingerprint density at radius 3 is 2.48 bits per heavy atom. The van der Waals surface area contributed by atoms with Crippen LogP contribution in [0.5, 0.6) is 5.75 Å². The second-order valence-corrected chi connectivity index (χ2v) is 7.10. The predicted molar refractivity (Wildman–Crippen MR) is 88.6 cm³/mol. The average Bonchev–Trinajstić information content (AvgIpc) is 2.62. The molecule has 1 aliphatic heterocycles. The number of carbonyl (C=O) groups excluding carboxylic acids is 1. The Morgan fingerprint density at radius 1 is 1.24 bits per heavy atom. The number of aliphatic hydroxyl groups is 1. The maximum atomic E-state index is 12.5. The third-order valence-corrected chi connectivity index (χ3v) is 5.19. The summed E-state index contributed by atoms with van der Waals surface area (Å²) in [5.74, 6) is 0.0855. The lowest BCUT2D eigenvalue weighted by Gasteiger charge is -2.31. The average molecular weight is 371 g/mol. The van der Waals surface area contributed by atoms with Gasteiger partial charge >= 0.3 is 5.97 Å². The summed E-state index contributed by atoms with van der Waals surface area (Å²) >= 11 is 0. The monoisotopic (exact) mass is 371 g/mol. The third-order valence-electron chi connectivity index (χ3n) is 3.72. The van der Waals surface area contributed by atoms with Crippen LogP contribution in [0, 0.1) is 0 Å². The molecule has 0 saturated heterocycles. The Kier molecular flexibility index (Phi) is 6.54. The van der Waals surface area contributed by atoms with Gasteiger partial charge in [-0.2, -0.15) is 0 Å². The number of nitrogens with one attached hydrogen (secondary N) is 1. The smallest absolute Gasteiger partial charge is 0.308 e. The summed E-state index contributed by atoms with van der Waals surface area (Å²) in [4.78, 5) is 11.4. The minimum atomic E-state index is -3.81. The van der Waals surface area contributed by atoms with E-state index in [0.717, 1.165) is 0 Å². The molecule has 1 aromatic rings. The Balaban J connectivity index is 2.11. The molecule has 3 atom stereocenters. The highest BCUT2D eigenvalue weighted by Crippen LogP contribution is 2.20. The first kappa shape index (κ1) is 19.4. The number of esters is 1. The van der Waals surface area contributed by atoms with E-state index < -0.39 is 40.8 Å². The summed E-state index contributed by atoms with van der Waals surface area (Å²) in [6, 6.07) is 5.16. The van der Waals surface area contributed by atoms with Gasteiger partial charge in [-0.3, -0.25) is 4.79 Å². The summed E-state index contributed by atoms with van der Waals surface area (Å²) in [6.07, 6.45) is 1.74. The molecule has 0 fully saturated rings. The molecule has 1 heterocycles. The molecule has 0 bridgehead atoms. The van der Waals surface area contributed by atoms with E-state index >= 15 is 0 Å². The van der Waals surface area contributed by atoms with Gasteiger partial charge in [0, 0.05) is 0 Å². The molecule has 8 nitrogen and oxygen atoms in total. The van der Waals surface area contributed by atoms with Crippen LogP contribution in [0.15, 0.2) is 41.3 Å². The molecule has 9 heteroatoms. The zero-order chi connectivity index (χ0) is 18.4. The number of benzene rings is 1. The molecular formula is C16H21NO7S. The lowest BCUT2D eigenvalue weighted by Crippen LogP contribution is -2.48. The molecule has 25 heavy (non-hydrogen) atoms. The van der Waals surface area contributed by atoms with Gasteiger partial charge in [-0.15, -0.1) is 0 Å². The number of rotatable bonds is 7. The summed E-state index contributed by atoms with van der Waals surface area (Å²) in [5, 5.41) is 9.48. The highest BCUT2D eigenvalue weighted by Gasteiger charge is 2.31. The van der Waals surface area contributed by atoms with Crippen molar-refractivity contribution in [1.82, 2.24) is 4.72 Å². The van der Waals surface area contributed by atoms with E-state index in [9.17, 15) is 18.3 Å². The summed E-state index contributed by atoms with van der Waals surface area (Å²) in [7, 11) is -1.06. The predicted octanol–water partition coefficient (Wildman–Crippen LogP) is 0.221. The van der Waals surface area contributed by atoms with Crippen LogP contribution in [0.3, 0.4) is 0 Å². The maximum Gasteiger partial charge on any atom is 0.308 e. The standard InChI is InChI=1S/C16H21NO7S/c1-22-11-3-6-13(7-4-11)25(20,21)17-14-8-5-12(9-16(19)23-2)24-15(14)10-18/h3-8,12,14-15,17-18H,9-10H2,1-2H3/t12-,14-,15-/m0/s1. The van der Waals surface area contributed by atoms with E-state index in [-0.39, 0.29) is 11.3 Å². The lowest BCUT2D eigenvalue weighted by atomic mass is 10.1. The molecule has 1 aliphatic rings. The Morgan fingerprint density at radius 2 is 1.92 bits per heavy atom. The zero-order valence-electron chi connectivity index (χ0n) is 13.9. The van der Waals surface area contributed by atoms with Crippen molar-refractivity contribution in [2.75, 3.05) is 20.8 Å². The first-order valence-corrected chi connectivity index (χ1v) is 9.05. The summed E-state index contributed by atoms with van der Waals surface area (Å²) < 4.78 is 42.5. The summed E-state index contributed by atoms with van der Waals surface area (Å²) in [6.45, 7) is -0.405.